The number of aryl methyl sites for hydroxylation is 1. The highest BCUT2D eigenvalue weighted by molar-refractivity contribution is 7.92. The van der Waals surface area contributed by atoms with Crippen molar-refractivity contribution in [2.45, 2.75) is 20.3 Å². The van der Waals surface area contributed by atoms with Gasteiger partial charge in [0.2, 0.25) is 21.8 Å². The molecule has 0 bridgehead atoms. The van der Waals surface area contributed by atoms with Crippen LogP contribution in [0.3, 0.4) is 0 Å². The summed E-state index contributed by atoms with van der Waals surface area (Å²) in [5, 5.41) is 0. The van der Waals surface area contributed by atoms with Gasteiger partial charge in [-0.15, -0.1) is 0 Å². The zero-order valence-corrected chi connectivity index (χ0v) is 15.8. The summed E-state index contributed by atoms with van der Waals surface area (Å²) in [6, 6.07) is 7.21. The Bertz CT molecular complexity index is 740. The third kappa shape index (κ3) is 4.94. The largest absolute Gasteiger partial charge is 0.339 e. The summed E-state index contributed by atoms with van der Waals surface area (Å²) in [6.45, 7) is 5.49. The van der Waals surface area contributed by atoms with Gasteiger partial charge in [0.1, 0.15) is 0 Å². The van der Waals surface area contributed by atoms with E-state index in [-0.39, 0.29) is 24.8 Å². The van der Waals surface area contributed by atoms with Crippen molar-refractivity contribution in [2.24, 2.45) is 0 Å². The van der Waals surface area contributed by atoms with Crippen LogP contribution in [-0.2, 0) is 19.6 Å². The molecule has 7 nitrogen and oxygen atoms in total. The fraction of sp³-hybridized carbons (Fsp3) is 0.529. The maximum atomic E-state index is 12.4. The van der Waals surface area contributed by atoms with Gasteiger partial charge in [-0.05, 0) is 18.6 Å². The fourth-order valence-electron chi connectivity index (χ4n) is 2.93. The zero-order valence-electron chi connectivity index (χ0n) is 14.9. The minimum Gasteiger partial charge on any atom is -0.339 e. The van der Waals surface area contributed by atoms with Crippen LogP contribution >= 0.6 is 0 Å². The van der Waals surface area contributed by atoms with Crippen LogP contribution in [0.25, 0.3) is 0 Å². The van der Waals surface area contributed by atoms with Crippen molar-refractivity contribution in [3.63, 3.8) is 0 Å². The van der Waals surface area contributed by atoms with E-state index in [4.69, 9.17) is 0 Å². The van der Waals surface area contributed by atoms with Gasteiger partial charge in [0.25, 0.3) is 0 Å². The molecule has 1 fully saturated rings. The van der Waals surface area contributed by atoms with Crippen molar-refractivity contribution >= 4 is 27.5 Å². The number of benzene rings is 1. The lowest BCUT2D eigenvalue weighted by Crippen LogP contribution is -2.50. The Morgan fingerprint density at radius 3 is 2.16 bits per heavy atom. The SMILES string of the molecule is CC(=O)N1CCN(C(=O)CCN(c2ccccc2C)S(C)(=O)=O)CC1. The highest BCUT2D eigenvalue weighted by Gasteiger charge is 2.25. The van der Waals surface area contributed by atoms with E-state index in [9.17, 15) is 18.0 Å². The van der Waals surface area contributed by atoms with Crippen molar-refractivity contribution in [3.8, 4) is 0 Å². The molecule has 0 atom stereocenters. The predicted octanol–water partition coefficient (Wildman–Crippen LogP) is 0.842. The van der Waals surface area contributed by atoms with Gasteiger partial charge in [-0.2, -0.15) is 0 Å². The third-order valence-electron chi connectivity index (χ3n) is 4.39. The molecule has 138 valence electrons. The quantitative estimate of drug-likeness (QED) is 0.773. The Labute approximate surface area is 149 Å². The second kappa shape index (κ2) is 7.86. The van der Waals surface area contributed by atoms with Crippen LogP contribution in [0.5, 0.6) is 0 Å². The number of hydrogen-bond donors (Lipinski definition) is 0. The van der Waals surface area contributed by atoms with Crippen molar-refractivity contribution in [2.75, 3.05) is 43.3 Å². The molecule has 0 saturated carbocycles. The molecule has 25 heavy (non-hydrogen) atoms. The Kier molecular flexibility index (Phi) is 6.05. The Morgan fingerprint density at radius 1 is 1.08 bits per heavy atom. The van der Waals surface area contributed by atoms with Crippen LogP contribution in [0.2, 0.25) is 0 Å². The minimum absolute atomic E-state index is 0.00917. The number of carbonyl (C=O) groups is 2. The fourth-order valence-corrected chi connectivity index (χ4v) is 3.92. The van der Waals surface area contributed by atoms with Gasteiger partial charge in [0.05, 0.1) is 11.9 Å². The first-order valence-corrected chi connectivity index (χ1v) is 10.1. The topological polar surface area (TPSA) is 78.0 Å². The van der Waals surface area contributed by atoms with Gasteiger partial charge in [-0.25, -0.2) is 8.42 Å². The number of carbonyl (C=O) groups excluding carboxylic acids is 2. The van der Waals surface area contributed by atoms with E-state index < -0.39 is 10.0 Å². The molecule has 2 rings (SSSR count). The first kappa shape index (κ1) is 19.2. The zero-order chi connectivity index (χ0) is 18.6. The van der Waals surface area contributed by atoms with E-state index in [1.165, 1.54) is 11.2 Å². The highest BCUT2D eigenvalue weighted by atomic mass is 32.2. The van der Waals surface area contributed by atoms with Crippen molar-refractivity contribution < 1.29 is 18.0 Å². The van der Waals surface area contributed by atoms with Crippen LogP contribution in [-0.4, -0.2) is 69.0 Å². The van der Waals surface area contributed by atoms with Crippen LogP contribution < -0.4 is 4.31 Å². The number of rotatable bonds is 5. The van der Waals surface area contributed by atoms with Crippen molar-refractivity contribution in [1.29, 1.82) is 0 Å². The van der Waals surface area contributed by atoms with Crippen LogP contribution in [0.1, 0.15) is 18.9 Å². The molecule has 1 aromatic rings. The number of piperazine rings is 1. The molecule has 0 N–H and O–H groups in total. The molecule has 1 aliphatic rings. The van der Waals surface area contributed by atoms with E-state index in [0.717, 1.165) is 11.8 Å². The Balaban J connectivity index is 2.01. The van der Waals surface area contributed by atoms with Gasteiger partial charge in [0.15, 0.2) is 0 Å². The van der Waals surface area contributed by atoms with E-state index in [2.05, 4.69) is 0 Å². The molecule has 0 spiro atoms. The number of para-hydroxylation sites is 1. The number of sulfonamides is 1. The molecule has 0 radical (unpaired) electrons. The van der Waals surface area contributed by atoms with Gasteiger partial charge in [0, 0.05) is 46.1 Å². The molecule has 8 heteroatoms. The molecule has 2 amide bonds. The maximum Gasteiger partial charge on any atom is 0.232 e. The first-order chi connectivity index (χ1) is 11.7. The van der Waals surface area contributed by atoms with E-state index in [1.54, 1.807) is 21.9 Å². The normalized spacial score (nSPS) is 15.2. The molecule has 0 aromatic heterocycles. The summed E-state index contributed by atoms with van der Waals surface area (Å²) in [7, 11) is -3.48. The molecule has 0 aliphatic carbocycles. The van der Waals surface area contributed by atoms with E-state index in [0.29, 0.717) is 31.9 Å². The second-order valence-electron chi connectivity index (χ2n) is 6.26. The molecule has 1 saturated heterocycles. The summed E-state index contributed by atoms with van der Waals surface area (Å²) in [5.41, 5.74) is 1.44. The average molecular weight is 367 g/mol. The molecular formula is C17H25N3O4S. The Hall–Kier alpha value is -2.09. The van der Waals surface area contributed by atoms with Gasteiger partial charge < -0.3 is 9.80 Å². The lowest BCUT2D eigenvalue weighted by molar-refractivity contribution is -0.138. The van der Waals surface area contributed by atoms with Crippen LogP contribution in [0.15, 0.2) is 24.3 Å². The van der Waals surface area contributed by atoms with Crippen molar-refractivity contribution in [1.82, 2.24) is 9.80 Å². The summed E-state index contributed by atoms with van der Waals surface area (Å²) >= 11 is 0. The molecule has 0 unspecified atom stereocenters. The van der Waals surface area contributed by atoms with E-state index in [1.807, 2.05) is 19.1 Å². The predicted molar refractivity (Wildman–Crippen MR) is 96.8 cm³/mol. The third-order valence-corrected chi connectivity index (χ3v) is 5.57. The number of anilines is 1. The second-order valence-corrected chi connectivity index (χ2v) is 8.17. The molecule has 1 aliphatic heterocycles. The highest BCUT2D eigenvalue weighted by Crippen LogP contribution is 2.22. The van der Waals surface area contributed by atoms with E-state index >= 15 is 0 Å². The minimum atomic E-state index is -3.48. The molecule has 1 heterocycles. The lowest BCUT2D eigenvalue weighted by atomic mass is 10.2. The molecule has 1 aromatic carbocycles. The molecular weight excluding hydrogens is 342 g/mol. The Morgan fingerprint density at radius 2 is 1.64 bits per heavy atom. The standard InChI is InChI=1S/C17H25N3O4S/c1-14-6-4-5-7-16(14)20(25(3,23)24)9-8-17(22)19-12-10-18(11-13-19)15(2)21/h4-7H,8-13H2,1-3H3. The first-order valence-electron chi connectivity index (χ1n) is 8.27. The van der Waals surface area contributed by atoms with Gasteiger partial charge in [-0.3, -0.25) is 13.9 Å². The smallest absolute Gasteiger partial charge is 0.232 e. The van der Waals surface area contributed by atoms with Gasteiger partial charge >= 0.3 is 0 Å². The number of nitrogens with zero attached hydrogens (tertiary/aromatic N) is 3. The summed E-state index contributed by atoms with van der Waals surface area (Å²) in [4.78, 5) is 27.2. The maximum absolute atomic E-state index is 12.4. The summed E-state index contributed by atoms with van der Waals surface area (Å²) in [6.07, 6.45) is 1.26. The number of amides is 2. The summed E-state index contributed by atoms with van der Waals surface area (Å²) < 4.78 is 25.6. The number of hydrogen-bond acceptors (Lipinski definition) is 4. The van der Waals surface area contributed by atoms with Crippen LogP contribution in [0, 0.1) is 6.92 Å². The van der Waals surface area contributed by atoms with Crippen LogP contribution in [0.4, 0.5) is 5.69 Å². The lowest BCUT2D eigenvalue weighted by Gasteiger charge is -2.34. The monoisotopic (exact) mass is 367 g/mol. The van der Waals surface area contributed by atoms with Crippen molar-refractivity contribution in [3.05, 3.63) is 29.8 Å². The van der Waals surface area contributed by atoms with Gasteiger partial charge in [-0.1, -0.05) is 18.2 Å². The average Bonchev–Trinajstić information content (AvgIpc) is 2.55. The summed E-state index contributed by atoms with van der Waals surface area (Å²) in [5.74, 6) is -0.0830.